The Bertz CT molecular complexity index is 439. The van der Waals surface area contributed by atoms with E-state index in [9.17, 15) is 0 Å². The zero-order chi connectivity index (χ0) is 11.8. The van der Waals surface area contributed by atoms with Gasteiger partial charge in [0.05, 0.1) is 22.8 Å². The predicted octanol–water partition coefficient (Wildman–Crippen LogP) is 4.37. The first-order valence-corrected chi connectivity index (χ1v) is 7.41. The Kier molecular flexibility index (Phi) is 4.41. The summed E-state index contributed by atoms with van der Waals surface area (Å²) in [5.74, 6) is 0.809. The van der Waals surface area contributed by atoms with Gasteiger partial charge in [0.2, 0.25) is 0 Å². The van der Waals surface area contributed by atoms with E-state index in [1.54, 1.807) is 0 Å². The summed E-state index contributed by atoms with van der Waals surface area (Å²) in [5, 5.41) is 9.09. The van der Waals surface area contributed by atoms with Crippen LogP contribution in [0.1, 0.15) is 33.1 Å². The van der Waals surface area contributed by atoms with Crippen molar-refractivity contribution in [2.24, 2.45) is 4.99 Å². The number of hydrogen-bond donors (Lipinski definition) is 2. The molecule has 0 amide bonds. The molecule has 1 aromatic heterocycles. The van der Waals surface area contributed by atoms with E-state index in [1.165, 1.54) is 37.0 Å². The van der Waals surface area contributed by atoms with Crippen LogP contribution < -0.4 is 10.6 Å². The minimum absolute atomic E-state index is 0. The normalized spacial score (nSPS) is 25.8. The highest BCUT2D eigenvalue weighted by molar-refractivity contribution is 7.15. The minimum atomic E-state index is 0. The van der Waals surface area contributed by atoms with Gasteiger partial charge in [-0.2, -0.15) is 0 Å². The number of nitrogens with one attached hydrogen (secondary N) is 2. The molecule has 3 rings (SSSR count). The lowest BCUT2D eigenvalue weighted by molar-refractivity contribution is 0.384. The van der Waals surface area contributed by atoms with E-state index in [4.69, 9.17) is 23.2 Å². The smallest absolute Gasteiger partial charge is 0.196 e. The Balaban J connectivity index is 0.00000120. The second-order valence-electron chi connectivity index (χ2n) is 4.44. The fraction of sp³-hybridized carbons (Fsp3) is 0.583. The molecular weight excluding hydrogens is 289 g/mol. The molecule has 1 saturated carbocycles. The van der Waals surface area contributed by atoms with E-state index < -0.39 is 0 Å². The van der Waals surface area contributed by atoms with Crippen molar-refractivity contribution in [2.75, 3.05) is 5.32 Å². The second-order valence-corrected chi connectivity index (χ2v) is 6.33. The van der Waals surface area contributed by atoms with Gasteiger partial charge < -0.3 is 10.6 Å². The monoisotopic (exact) mass is 305 g/mol. The van der Waals surface area contributed by atoms with E-state index in [0.717, 1.165) is 11.6 Å². The highest BCUT2D eigenvalue weighted by atomic mass is 35.5. The number of aliphatic imine (C=N–C) groups is 1. The quantitative estimate of drug-likeness (QED) is 0.808. The van der Waals surface area contributed by atoms with E-state index in [-0.39, 0.29) is 7.43 Å². The number of guanidine groups is 1. The van der Waals surface area contributed by atoms with Crippen LogP contribution in [0.3, 0.4) is 0 Å². The third-order valence-corrected chi connectivity index (χ3v) is 4.94. The van der Waals surface area contributed by atoms with Crippen LogP contribution >= 0.6 is 34.5 Å². The molecular formula is C12H17Cl2N3S. The molecule has 1 unspecified atom stereocenters. The summed E-state index contributed by atoms with van der Waals surface area (Å²) < 4.78 is 0.675. The Hall–Kier alpha value is -0.450. The second kappa shape index (κ2) is 5.68. The fourth-order valence-electron chi connectivity index (χ4n) is 2.42. The maximum atomic E-state index is 6.07. The third-order valence-electron chi connectivity index (χ3n) is 3.29. The minimum Gasteiger partial charge on any atom is -0.351 e. The molecule has 0 bridgehead atoms. The number of nitrogens with zero attached hydrogens (tertiary/aromatic N) is 1. The molecule has 0 radical (unpaired) electrons. The maximum absolute atomic E-state index is 6.07. The van der Waals surface area contributed by atoms with E-state index >= 15 is 0 Å². The number of halogens is 2. The summed E-state index contributed by atoms with van der Waals surface area (Å²) in [5.41, 5.74) is 0.767. The van der Waals surface area contributed by atoms with Crippen molar-refractivity contribution in [3.63, 3.8) is 0 Å². The summed E-state index contributed by atoms with van der Waals surface area (Å²) >= 11 is 13.6. The van der Waals surface area contributed by atoms with Gasteiger partial charge in [-0.05, 0) is 12.8 Å². The SMILES string of the molecule is C.Clc1csc(Cl)c1NC1=N[C@@H]2CCCCC2N1. The first kappa shape index (κ1) is 14.0. The van der Waals surface area contributed by atoms with Crippen molar-refractivity contribution < 1.29 is 0 Å². The molecule has 2 aliphatic rings. The highest BCUT2D eigenvalue weighted by Crippen LogP contribution is 2.36. The topological polar surface area (TPSA) is 36.4 Å². The maximum Gasteiger partial charge on any atom is 0.196 e. The van der Waals surface area contributed by atoms with Gasteiger partial charge in [0.1, 0.15) is 4.34 Å². The van der Waals surface area contributed by atoms with E-state index in [2.05, 4.69) is 15.6 Å². The van der Waals surface area contributed by atoms with Crippen LogP contribution in [0.2, 0.25) is 9.36 Å². The molecule has 2 heterocycles. The van der Waals surface area contributed by atoms with Crippen LogP contribution in [0.5, 0.6) is 0 Å². The van der Waals surface area contributed by atoms with Crippen molar-refractivity contribution in [1.82, 2.24) is 5.32 Å². The lowest BCUT2D eigenvalue weighted by Crippen LogP contribution is -2.38. The number of rotatable bonds is 1. The molecule has 1 aliphatic carbocycles. The van der Waals surface area contributed by atoms with Gasteiger partial charge in [-0.25, -0.2) is 4.99 Å². The Labute approximate surface area is 122 Å². The molecule has 18 heavy (non-hydrogen) atoms. The van der Waals surface area contributed by atoms with Gasteiger partial charge in [-0.3, -0.25) is 0 Å². The molecule has 3 nitrogen and oxygen atoms in total. The van der Waals surface area contributed by atoms with Gasteiger partial charge >= 0.3 is 0 Å². The number of anilines is 1. The predicted molar refractivity (Wildman–Crippen MR) is 81.3 cm³/mol. The molecule has 2 N–H and O–H groups in total. The van der Waals surface area contributed by atoms with Crippen LogP contribution in [0.15, 0.2) is 10.4 Å². The Morgan fingerprint density at radius 2 is 2.11 bits per heavy atom. The fourth-order valence-corrected chi connectivity index (χ4v) is 3.69. The van der Waals surface area contributed by atoms with E-state index in [0.29, 0.717) is 21.4 Å². The Morgan fingerprint density at radius 3 is 2.78 bits per heavy atom. The molecule has 6 heteroatoms. The van der Waals surface area contributed by atoms with Gasteiger partial charge in [0.25, 0.3) is 0 Å². The first-order valence-electron chi connectivity index (χ1n) is 5.78. The van der Waals surface area contributed by atoms with Crippen LogP contribution in [-0.4, -0.2) is 18.0 Å². The average molecular weight is 306 g/mol. The molecule has 0 aromatic carbocycles. The van der Waals surface area contributed by atoms with Gasteiger partial charge in [0, 0.05) is 5.38 Å². The van der Waals surface area contributed by atoms with Gasteiger partial charge in [-0.1, -0.05) is 43.5 Å². The van der Waals surface area contributed by atoms with Crippen LogP contribution in [-0.2, 0) is 0 Å². The summed E-state index contributed by atoms with van der Waals surface area (Å²) in [7, 11) is 0. The lowest BCUT2D eigenvalue weighted by Gasteiger charge is -2.23. The zero-order valence-electron chi connectivity index (χ0n) is 9.17. The van der Waals surface area contributed by atoms with Crippen molar-refractivity contribution >= 4 is 46.2 Å². The molecule has 100 valence electrons. The number of hydrogen-bond acceptors (Lipinski definition) is 4. The van der Waals surface area contributed by atoms with Crippen molar-refractivity contribution in [1.29, 1.82) is 0 Å². The summed E-state index contributed by atoms with van der Waals surface area (Å²) in [6.07, 6.45) is 4.94. The molecule has 1 fully saturated rings. The number of fused-ring (bicyclic) bond motifs is 1. The molecule has 1 aliphatic heterocycles. The lowest BCUT2D eigenvalue weighted by atomic mass is 9.92. The van der Waals surface area contributed by atoms with Crippen LogP contribution in [0, 0.1) is 0 Å². The third kappa shape index (κ3) is 2.60. The highest BCUT2D eigenvalue weighted by Gasteiger charge is 2.31. The van der Waals surface area contributed by atoms with Crippen LogP contribution in [0.25, 0.3) is 0 Å². The zero-order valence-corrected chi connectivity index (χ0v) is 11.5. The molecule has 0 saturated heterocycles. The van der Waals surface area contributed by atoms with Crippen LogP contribution in [0.4, 0.5) is 5.69 Å². The van der Waals surface area contributed by atoms with E-state index in [1.807, 2.05) is 5.38 Å². The summed E-state index contributed by atoms with van der Waals surface area (Å²) in [4.78, 5) is 4.65. The molecule has 2 atom stereocenters. The summed E-state index contributed by atoms with van der Waals surface area (Å²) in [6, 6.07) is 0.907. The standard InChI is InChI=1S/C11H13Cl2N3S.CH4/c12-6-5-17-10(13)9(6)16-11-14-7-3-1-2-4-8(7)15-11;/h5,7-8H,1-4H2,(H2,14,15,16);1H4/t7-,8?;/m1./s1. The average Bonchev–Trinajstić information content (AvgIpc) is 2.87. The molecule has 0 spiro atoms. The van der Waals surface area contributed by atoms with Crippen molar-refractivity contribution in [3.05, 3.63) is 14.7 Å². The summed E-state index contributed by atoms with van der Waals surface area (Å²) in [6.45, 7) is 0. The Morgan fingerprint density at radius 1 is 1.33 bits per heavy atom. The first-order chi connectivity index (χ1) is 8.24. The van der Waals surface area contributed by atoms with Crippen molar-refractivity contribution in [3.8, 4) is 0 Å². The largest absolute Gasteiger partial charge is 0.351 e. The molecule has 1 aromatic rings. The number of thiophene rings is 1. The van der Waals surface area contributed by atoms with Gasteiger partial charge in [-0.15, -0.1) is 11.3 Å². The van der Waals surface area contributed by atoms with Gasteiger partial charge in [0.15, 0.2) is 5.96 Å². The van der Waals surface area contributed by atoms with Crippen molar-refractivity contribution in [2.45, 2.75) is 45.2 Å².